The molecule has 0 aliphatic carbocycles. The first-order valence-electron chi connectivity index (χ1n) is 8.58. The summed E-state index contributed by atoms with van der Waals surface area (Å²) in [5.41, 5.74) is 0.501. The van der Waals surface area contributed by atoms with Crippen LogP contribution < -0.4 is 11.2 Å². The fraction of sp³-hybridized carbons (Fsp3) is 0.316. The second-order valence-electron chi connectivity index (χ2n) is 6.44. The maximum absolute atomic E-state index is 12.1. The Morgan fingerprint density at radius 3 is 2.79 bits per heavy atom. The molecule has 3 atom stereocenters. The monoisotopic (exact) mass is 450 g/mol. The van der Waals surface area contributed by atoms with Crippen LogP contribution in [-0.4, -0.2) is 39.4 Å². The molecular weight excluding hydrogens is 432 g/mol. The Morgan fingerprint density at radius 2 is 2.11 bits per heavy atom. The second kappa shape index (κ2) is 8.68. The summed E-state index contributed by atoms with van der Waals surface area (Å²) in [6.45, 7) is 1.76. The van der Waals surface area contributed by atoms with E-state index >= 15 is 0 Å². The van der Waals surface area contributed by atoms with Crippen LogP contribution in [0.5, 0.6) is 0 Å². The largest absolute Gasteiger partial charge is 0.459 e. The number of aliphatic hydroxyl groups excluding tert-OH is 1. The summed E-state index contributed by atoms with van der Waals surface area (Å²) in [4.78, 5) is 39.7. The average molecular weight is 451 g/mol. The molecule has 0 bridgehead atoms. The number of aromatic amines is 1. The maximum Gasteiger partial charge on any atom is 0.338 e. The number of aliphatic hydroxyl groups is 1. The van der Waals surface area contributed by atoms with Crippen LogP contribution in [0.1, 0.15) is 34.1 Å². The van der Waals surface area contributed by atoms with Crippen LogP contribution in [0.15, 0.2) is 45.0 Å². The SMILES string of the molecule is Cc1ccc(C(=O)OC[C@@H]2O[C@H](n3cc(/C=C/Br)c(=O)[nH]c3=O)CC2O)cc1. The molecule has 148 valence electrons. The molecule has 0 amide bonds. The van der Waals surface area contributed by atoms with E-state index in [0.29, 0.717) is 5.56 Å². The fourth-order valence-electron chi connectivity index (χ4n) is 2.87. The third kappa shape index (κ3) is 4.49. The molecule has 1 aliphatic rings. The van der Waals surface area contributed by atoms with E-state index in [1.54, 1.807) is 24.3 Å². The molecule has 2 heterocycles. The highest BCUT2D eigenvalue weighted by Crippen LogP contribution is 2.28. The van der Waals surface area contributed by atoms with E-state index in [0.717, 1.165) is 5.56 Å². The Morgan fingerprint density at radius 1 is 1.39 bits per heavy atom. The first kappa shape index (κ1) is 20.2. The van der Waals surface area contributed by atoms with Gasteiger partial charge in [0.05, 0.1) is 17.2 Å². The summed E-state index contributed by atoms with van der Waals surface area (Å²) in [7, 11) is 0. The fourth-order valence-corrected chi connectivity index (χ4v) is 3.15. The van der Waals surface area contributed by atoms with Crippen molar-refractivity contribution < 1.29 is 19.4 Å². The highest BCUT2D eigenvalue weighted by atomic mass is 79.9. The van der Waals surface area contributed by atoms with Gasteiger partial charge in [-0.15, -0.1) is 0 Å². The van der Waals surface area contributed by atoms with Gasteiger partial charge in [-0.05, 0) is 30.1 Å². The molecule has 0 saturated carbocycles. The van der Waals surface area contributed by atoms with Crippen molar-refractivity contribution in [2.45, 2.75) is 31.8 Å². The van der Waals surface area contributed by atoms with Gasteiger partial charge in [0.15, 0.2) is 0 Å². The van der Waals surface area contributed by atoms with Crippen molar-refractivity contribution >= 4 is 28.0 Å². The van der Waals surface area contributed by atoms with E-state index in [4.69, 9.17) is 9.47 Å². The van der Waals surface area contributed by atoms with Crippen LogP contribution >= 0.6 is 15.9 Å². The summed E-state index contributed by atoms with van der Waals surface area (Å²) in [6, 6.07) is 6.92. The van der Waals surface area contributed by atoms with Crippen molar-refractivity contribution in [1.29, 1.82) is 0 Å². The first-order chi connectivity index (χ1) is 13.4. The number of benzene rings is 1. The van der Waals surface area contributed by atoms with E-state index in [-0.39, 0.29) is 18.6 Å². The van der Waals surface area contributed by atoms with Crippen molar-refractivity contribution in [3.8, 4) is 0 Å². The number of halogens is 1. The number of H-pyrrole nitrogens is 1. The molecule has 1 fully saturated rings. The second-order valence-corrected chi connectivity index (χ2v) is 6.97. The molecular formula is C19H19BrN2O6. The molecule has 1 aliphatic heterocycles. The molecule has 28 heavy (non-hydrogen) atoms. The molecule has 2 aromatic rings. The Kier molecular flexibility index (Phi) is 6.28. The van der Waals surface area contributed by atoms with E-state index < -0.39 is 35.7 Å². The van der Waals surface area contributed by atoms with Gasteiger partial charge >= 0.3 is 11.7 Å². The van der Waals surface area contributed by atoms with Crippen molar-refractivity contribution in [3.05, 3.63) is 73.0 Å². The summed E-state index contributed by atoms with van der Waals surface area (Å²) >= 11 is 3.08. The Balaban J connectivity index is 1.68. The lowest BCUT2D eigenvalue weighted by Crippen LogP contribution is -2.33. The zero-order chi connectivity index (χ0) is 20.3. The van der Waals surface area contributed by atoms with E-state index in [1.165, 1.54) is 21.8 Å². The number of carbonyl (C=O) groups is 1. The normalized spacial score (nSPS) is 21.9. The molecule has 1 aromatic heterocycles. The highest BCUT2D eigenvalue weighted by Gasteiger charge is 2.36. The van der Waals surface area contributed by atoms with E-state index in [1.807, 2.05) is 6.92 Å². The Hall–Kier alpha value is -2.49. The minimum atomic E-state index is -0.926. The van der Waals surface area contributed by atoms with Gasteiger partial charge in [-0.25, -0.2) is 9.59 Å². The summed E-state index contributed by atoms with van der Waals surface area (Å²) in [5.74, 6) is -0.523. The van der Waals surface area contributed by atoms with Crippen LogP contribution in [0.4, 0.5) is 0 Å². The zero-order valence-electron chi connectivity index (χ0n) is 15.0. The lowest BCUT2D eigenvalue weighted by Gasteiger charge is -2.16. The topological polar surface area (TPSA) is 111 Å². The smallest absolute Gasteiger partial charge is 0.338 e. The minimum Gasteiger partial charge on any atom is -0.459 e. The number of carbonyl (C=O) groups excluding carboxylic acids is 1. The number of ether oxygens (including phenoxy) is 2. The first-order valence-corrected chi connectivity index (χ1v) is 9.50. The van der Waals surface area contributed by atoms with Gasteiger partial charge in [0.25, 0.3) is 5.56 Å². The van der Waals surface area contributed by atoms with Crippen molar-refractivity contribution in [1.82, 2.24) is 9.55 Å². The molecule has 0 spiro atoms. The minimum absolute atomic E-state index is 0.121. The lowest BCUT2D eigenvalue weighted by molar-refractivity contribution is -0.0532. The summed E-state index contributed by atoms with van der Waals surface area (Å²) in [6.07, 6.45) is 0.469. The van der Waals surface area contributed by atoms with Crippen molar-refractivity contribution in [2.24, 2.45) is 0 Å². The van der Waals surface area contributed by atoms with Gasteiger partial charge in [-0.2, -0.15) is 0 Å². The number of nitrogens with zero attached hydrogens (tertiary/aromatic N) is 1. The van der Waals surface area contributed by atoms with Crippen LogP contribution in [-0.2, 0) is 9.47 Å². The molecule has 1 saturated heterocycles. The lowest BCUT2D eigenvalue weighted by atomic mass is 10.1. The van der Waals surface area contributed by atoms with Gasteiger partial charge in [0, 0.05) is 12.6 Å². The van der Waals surface area contributed by atoms with Gasteiger partial charge < -0.3 is 14.6 Å². The molecule has 1 aromatic carbocycles. The van der Waals surface area contributed by atoms with Crippen LogP contribution in [0.2, 0.25) is 0 Å². The van der Waals surface area contributed by atoms with E-state index in [9.17, 15) is 19.5 Å². The number of hydrogen-bond donors (Lipinski definition) is 2. The number of esters is 1. The zero-order valence-corrected chi connectivity index (χ0v) is 16.6. The molecule has 2 N–H and O–H groups in total. The quantitative estimate of drug-likeness (QED) is 0.670. The molecule has 1 unspecified atom stereocenters. The molecule has 9 heteroatoms. The van der Waals surface area contributed by atoms with Crippen LogP contribution in [0, 0.1) is 6.92 Å². The highest BCUT2D eigenvalue weighted by molar-refractivity contribution is 9.11. The summed E-state index contributed by atoms with van der Waals surface area (Å²) in [5, 5.41) is 10.2. The van der Waals surface area contributed by atoms with Gasteiger partial charge in [0.2, 0.25) is 0 Å². The number of nitrogens with one attached hydrogen (secondary N) is 1. The van der Waals surface area contributed by atoms with Gasteiger partial charge in [-0.3, -0.25) is 14.3 Å². The number of hydrogen-bond acceptors (Lipinski definition) is 6. The molecule has 3 rings (SSSR count). The van der Waals surface area contributed by atoms with Crippen LogP contribution in [0.25, 0.3) is 6.08 Å². The van der Waals surface area contributed by atoms with Crippen LogP contribution in [0.3, 0.4) is 0 Å². The Labute approximate surface area is 168 Å². The maximum atomic E-state index is 12.1. The van der Waals surface area contributed by atoms with Gasteiger partial charge in [-0.1, -0.05) is 33.6 Å². The van der Waals surface area contributed by atoms with E-state index in [2.05, 4.69) is 20.9 Å². The standard InChI is InChI=1S/C19H19BrN2O6/c1-11-2-4-12(5-3-11)18(25)27-10-15-14(23)8-16(28-15)22-9-13(6-7-20)17(24)21-19(22)26/h2-7,9,14-16,23H,8,10H2,1H3,(H,21,24,26)/b7-6+/t14?,15-,16-/m0/s1. The van der Waals surface area contributed by atoms with Gasteiger partial charge in [0.1, 0.15) is 18.9 Å². The predicted octanol–water partition coefficient (Wildman–Crippen LogP) is 1.72. The number of aryl methyl sites for hydroxylation is 1. The number of aromatic nitrogens is 2. The Bertz CT molecular complexity index is 995. The summed E-state index contributed by atoms with van der Waals surface area (Å²) < 4.78 is 12.1. The molecule has 8 nitrogen and oxygen atoms in total. The third-order valence-electron chi connectivity index (χ3n) is 4.42. The third-order valence-corrected chi connectivity index (χ3v) is 4.68. The predicted molar refractivity (Wildman–Crippen MR) is 105 cm³/mol. The number of rotatable bonds is 5. The van der Waals surface area contributed by atoms with Crippen molar-refractivity contribution in [3.63, 3.8) is 0 Å². The van der Waals surface area contributed by atoms with Crippen molar-refractivity contribution in [2.75, 3.05) is 6.61 Å². The molecule has 0 radical (unpaired) electrons. The average Bonchev–Trinajstić information content (AvgIpc) is 3.03.